The summed E-state index contributed by atoms with van der Waals surface area (Å²) in [6.45, 7) is 1.01. The molecule has 0 amide bonds. The van der Waals surface area contributed by atoms with Crippen molar-refractivity contribution in [3.05, 3.63) is 42.0 Å². The maximum atomic E-state index is 5.56. The third-order valence-electron chi connectivity index (χ3n) is 2.39. The Morgan fingerprint density at radius 2 is 2.19 bits per heavy atom. The van der Waals surface area contributed by atoms with Crippen molar-refractivity contribution >= 4 is 0 Å². The molecule has 2 N–H and O–H groups in total. The van der Waals surface area contributed by atoms with Gasteiger partial charge in [-0.25, -0.2) is 9.67 Å². The molecule has 1 heterocycles. The molecule has 0 unspecified atom stereocenters. The summed E-state index contributed by atoms with van der Waals surface area (Å²) in [7, 11) is 1.66. The molecule has 0 aliphatic rings. The van der Waals surface area contributed by atoms with Gasteiger partial charge >= 0.3 is 0 Å². The van der Waals surface area contributed by atoms with Gasteiger partial charge in [0.1, 0.15) is 17.9 Å². The van der Waals surface area contributed by atoms with Crippen LogP contribution < -0.4 is 10.5 Å². The minimum Gasteiger partial charge on any atom is -0.496 e. The average Bonchev–Trinajstić information content (AvgIpc) is 2.77. The van der Waals surface area contributed by atoms with Crippen LogP contribution in [0.25, 0.3) is 0 Å². The molecule has 0 bridgehead atoms. The molecule has 84 valence electrons. The normalized spacial score (nSPS) is 10.4. The smallest absolute Gasteiger partial charge is 0.140 e. The molecule has 0 radical (unpaired) electrons. The van der Waals surface area contributed by atoms with Gasteiger partial charge in [-0.2, -0.15) is 5.10 Å². The SMILES string of the molecule is COc1ccccc1Cn1ncnc1CN. The van der Waals surface area contributed by atoms with Crippen molar-refractivity contribution in [1.29, 1.82) is 0 Å². The summed E-state index contributed by atoms with van der Waals surface area (Å²) >= 11 is 0. The van der Waals surface area contributed by atoms with Gasteiger partial charge in [-0.15, -0.1) is 0 Å². The van der Waals surface area contributed by atoms with E-state index in [9.17, 15) is 0 Å². The molecule has 5 heteroatoms. The molecule has 0 saturated carbocycles. The Morgan fingerprint density at radius 3 is 2.94 bits per heavy atom. The van der Waals surface area contributed by atoms with Crippen LogP contribution in [0.1, 0.15) is 11.4 Å². The van der Waals surface area contributed by atoms with Crippen molar-refractivity contribution in [3.8, 4) is 5.75 Å². The zero-order valence-corrected chi connectivity index (χ0v) is 9.13. The minimum atomic E-state index is 0.384. The van der Waals surface area contributed by atoms with E-state index in [0.29, 0.717) is 13.1 Å². The molecule has 0 atom stereocenters. The number of rotatable bonds is 4. The van der Waals surface area contributed by atoms with Crippen LogP contribution in [0.4, 0.5) is 0 Å². The second-order valence-corrected chi connectivity index (χ2v) is 3.35. The van der Waals surface area contributed by atoms with Crippen molar-refractivity contribution < 1.29 is 4.74 Å². The first-order valence-electron chi connectivity index (χ1n) is 5.03. The summed E-state index contributed by atoms with van der Waals surface area (Å²) in [6.07, 6.45) is 1.51. The number of para-hydroxylation sites is 1. The number of benzene rings is 1. The third kappa shape index (κ3) is 2.04. The van der Waals surface area contributed by atoms with E-state index >= 15 is 0 Å². The van der Waals surface area contributed by atoms with Crippen LogP contribution in [-0.4, -0.2) is 21.9 Å². The summed E-state index contributed by atoms with van der Waals surface area (Å²) in [6, 6.07) is 7.83. The molecular formula is C11H14N4O. The highest BCUT2D eigenvalue weighted by molar-refractivity contribution is 5.33. The van der Waals surface area contributed by atoms with Crippen LogP contribution in [0.15, 0.2) is 30.6 Å². The maximum Gasteiger partial charge on any atom is 0.140 e. The monoisotopic (exact) mass is 218 g/mol. The number of methoxy groups -OCH3 is 1. The Bertz CT molecular complexity index is 467. The molecule has 0 fully saturated rings. The van der Waals surface area contributed by atoms with Crippen molar-refractivity contribution in [2.24, 2.45) is 5.73 Å². The molecule has 0 aliphatic carbocycles. The van der Waals surface area contributed by atoms with Gasteiger partial charge in [-0.3, -0.25) is 0 Å². The predicted octanol–water partition coefficient (Wildman–Crippen LogP) is 0.794. The molecule has 0 saturated heterocycles. The molecule has 16 heavy (non-hydrogen) atoms. The fourth-order valence-corrected chi connectivity index (χ4v) is 1.57. The first kappa shape index (κ1) is 10.6. The van der Waals surface area contributed by atoms with Gasteiger partial charge in [-0.1, -0.05) is 18.2 Å². The van der Waals surface area contributed by atoms with Crippen molar-refractivity contribution in [3.63, 3.8) is 0 Å². The highest BCUT2D eigenvalue weighted by Crippen LogP contribution is 2.18. The van der Waals surface area contributed by atoms with Crippen molar-refractivity contribution in [1.82, 2.24) is 14.8 Å². The standard InChI is InChI=1S/C11H14N4O/c1-16-10-5-3-2-4-9(10)7-15-11(6-12)13-8-14-15/h2-5,8H,6-7,12H2,1H3. The number of hydrogen-bond donors (Lipinski definition) is 1. The zero-order chi connectivity index (χ0) is 11.4. The summed E-state index contributed by atoms with van der Waals surface area (Å²) in [5.41, 5.74) is 6.63. The van der Waals surface area contributed by atoms with E-state index in [1.807, 2.05) is 24.3 Å². The molecule has 2 aromatic rings. The summed E-state index contributed by atoms with van der Waals surface area (Å²) in [4.78, 5) is 4.07. The van der Waals surface area contributed by atoms with E-state index in [0.717, 1.165) is 17.1 Å². The molecule has 0 spiro atoms. The lowest BCUT2D eigenvalue weighted by Gasteiger charge is -2.09. The van der Waals surface area contributed by atoms with E-state index in [2.05, 4.69) is 10.1 Å². The second kappa shape index (κ2) is 4.76. The Morgan fingerprint density at radius 1 is 1.38 bits per heavy atom. The van der Waals surface area contributed by atoms with Crippen LogP contribution in [0.5, 0.6) is 5.75 Å². The molecule has 1 aromatic carbocycles. The quantitative estimate of drug-likeness (QED) is 0.824. The summed E-state index contributed by atoms with van der Waals surface area (Å²) in [5, 5.41) is 4.13. The Hall–Kier alpha value is -1.88. The van der Waals surface area contributed by atoms with E-state index in [4.69, 9.17) is 10.5 Å². The number of ether oxygens (including phenoxy) is 1. The third-order valence-corrected chi connectivity index (χ3v) is 2.39. The lowest BCUT2D eigenvalue weighted by Crippen LogP contribution is -2.11. The van der Waals surface area contributed by atoms with Gasteiger partial charge < -0.3 is 10.5 Å². The second-order valence-electron chi connectivity index (χ2n) is 3.35. The highest BCUT2D eigenvalue weighted by Gasteiger charge is 2.06. The number of hydrogen-bond acceptors (Lipinski definition) is 4. The minimum absolute atomic E-state index is 0.384. The van der Waals surface area contributed by atoms with Gasteiger partial charge in [0.05, 0.1) is 20.2 Å². The van der Waals surface area contributed by atoms with Crippen LogP contribution in [-0.2, 0) is 13.1 Å². The fraction of sp³-hybridized carbons (Fsp3) is 0.273. The van der Waals surface area contributed by atoms with Crippen LogP contribution in [0.3, 0.4) is 0 Å². The van der Waals surface area contributed by atoms with Gasteiger partial charge in [0.2, 0.25) is 0 Å². The topological polar surface area (TPSA) is 66.0 Å². The summed E-state index contributed by atoms with van der Waals surface area (Å²) < 4.78 is 7.05. The first-order valence-corrected chi connectivity index (χ1v) is 5.03. The van der Waals surface area contributed by atoms with Crippen LogP contribution in [0, 0.1) is 0 Å². The molecule has 0 aliphatic heterocycles. The van der Waals surface area contributed by atoms with E-state index in [1.54, 1.807) is 11.8 Å². The molecular weight excluding hydrogens is 204 g/mol. The number of aromatic nitrogens is 3. The highest BCUT2D eigenvalue weighted by atomic mass is 16.5. The number of nitrogens with zero attached hydrogens (tertiary/aromatic N) is 3. The number of nitrogens with two attached hydrogens (primary N) is 1. The first-order chi connectivity index (χ1) is 7.85. The Kier molecular flexibility index (Phi) is 3.16. The Balaban J connectivity index is 2.26. The van der Waals surface area contributed by atoms with Gasteiger partial charge in [0.15, 0.2) is 0 Å². The predicted molar refractivity (Wildman–Crippen MR) is 60.0 cm³/mol. The largest absolute Gasteiger partial charge is 0.496 e. The maximum absolute atomic E-state index is 5.56. The van der Waals surface area contributed by atoms with E-state index in [1.165, 1.54) is 6.33 Å². The van der Waals surface area contributed by atoms with Crippen LogP contribution >= 0.6 is 0 Å². The van der Waals surface area contributed by atoms with E-state index in [-0.39, 0.29) is 0 Å². The van der Waals surface area contributed by atoms with Crippen molar-refractivity contribution in [2.75, 3.05) is 7.11 Å². The molecule has 2 rings (SSSR count). The van der Waals surface area contributed by atoms with Crippen molar-refractivity contribution in [2.45, 2.75) is 13.1 Å². The lowest BCUT2D eigenvalue weighted by molar-refractivity contribution is 0.407. The summed E-state index contributed by atoms with van der Waals surface area (Å²) in [5.74, 6) is 1.62. The van der Waals surface area contributed by atoms with Crippen LogP contribution in [0.2, 0.25) is 0 Å². The van der Waals surface area contributed by atoms with E-state index < -0.39 is 0 Å². The lowest BCUT2D eigenvalue weighted by atomic mass is 10.2. The van der Waals surface area contributed by atoms with Gasteiger partial charge in [0, 0.05) is 5.56 Å². The fourth-order valence-electron chi connectivity index (χ4n) is 1.57. The average molecular weight is 218 g/mol. The Labute approximate surface area is 93.9 Å². The zero-order valence-electron chi connectivity index (χ0n) is 9.13. The van der Waals surface area contributed by atoms with Gasteiger partial charge in [-0.05, 0) is 6.07 Å². The van der Waals surface area contributed by atoms with Gasteiger partial charge in [0.25, 0.3) is 0 Å². The molecule has 5 nitrogen and oxygen atoms in total. The molecule has 1 aromatic heterocycles.